The summed E-state index contributed by atoms with van der Waals surface area (Å²) in [4.78, 5) is 15.6. The zero-order chi connectivity index (χ0) is 45.2. The Hall–Kier alpha value is -8.77. The van der Waals surface area contributed by atoms with Crippen molar-refractivity contribution in [2.45, 2.75) is 5.41 Å². The highest BCUT2D eigenvalue weighted by atomic mass is 32.1. The fraction of sp³-hybridized carbons (Fsp3) is 0.0156. The van der Waals surface area contributed by atoms with Crippen LogP contribution in [-0.4, -0.2) is 15.0 Å². The number of rotatable bonds is 5. The molecule has 69 heavy (non-hydrogen) atoms. The maximum absolute atomic E-state index is 6.59. The Morgan fingerprint density at radius 2 is 0.826 bits per heavy atom. The van der Waals surface area contributed by atoms with E-state index in [1.165, 1.54) is 75.8 Å². The third kappa shape index (κ3) is 5.59. The van der Waals surface area contributed by atoms with Crippen molar-refractivity contribution in [2.24, 2.45) is 0 Å². The van der Waals surface area contributed by atoms with Crippen molar-refractivity contribution in [1.29, 1.82) is 0 Å². The molecule has 15 rings (SSSR count). The van der Waals surface area contributed by atoms with Crippen LogP contribution in [0.15, 0.2) is 229 Å². The first kappa shape index (κ1) is 38.3. The Morgan fingerprint density at radius 3 is 1.59 bits per heavy atom. The van der Waals surface area contributed by atoms with Crippen LogP contribution in [0.1, 0.15) is 22.3 Å². The molecule has 0 fully saturated rings. The molecule has 0 amide bonds. The van der Waals surface area contributed by atoms with Gasteiger partial charge in [-0.05, 0) is 121 Å². The Bertz CT molecular complexity index is 4230. The van der Waals surface area contributed by atoms with Crippen LogP contribution < -0.4 is 0 Å². The Balaban J connectivity index is 0.852. The van der Waals surface area contributed by atoms with E-state index in [9.17, 15) is 0 Å². The van der Waals surface area contributed by atoms with Gasteiger partial charge in [-0.25, -0.2) is 15.0 Å². The highest BCUT2D eigenvalue weighted by molar-refractivity contribution is 7.25. The van der Waals surface area contributed by atoms with Crippen molar-refractivity contribution in [3.8, 4) is 78.7 Å². The third-order valence-corrected chi connectivity index (χ3v) is 15.7. The topological polar surface area (TPSA) is 51.8 Å². The third-order valence-electron chi connectivity index (χ3n) is 14.6. The van der Waals surface area contributed by atoms with Gasteiger partial charge in [-0.3, -0.25) is 0 Å². The number of fused-ring (bicyclic) bond motifs is 16. The first-order valence-corrected chi connectivity index (χ1v) is 24.2. The molecule has 13 aromatic rings. The minimum Gasteiger partial charge on any atom is -0.456 e. The lowest BCUT2D eigenvalue weighted by molar-refractivity contribution is 0.669. The second-order valence-corrected chi connectivity index (χ2v) is 19.3. The lowest BCUT2D eigenvalue weighted by Gasteiger charge is -2.30. The second kappa shape index (κ2) is 14.6. The minimum absolute atomic E-state index is 0.360. The lowest BCUT2D eigenvalue weighted by Crippen LogP contribution is -2.25. The zero-order valence-corrected chi connectivity index (χ0v) is 37.8. The van der Waals surface area contributed by atoms with E-state index in [0.717, 1.165) is 49.8 Å². The summed E-state index contributed by atoms with van der Waals surface area (Å²) in [6.45, 7) is 0. The van der Waals surface area contributed by atoms with Crippen molar-refractivity contribution in [1.82, 2.24) is 15.0 Å². The molecule has 0 unspecified atom stereocenters. The van der Waals surface area contributed by atoms with E-state index in [4.69, 9.17) is 19.4 Å². The highest BCUT2D eigenvalue weighted by Gasteiger charge is 2.51. The van der Waals surface area contributed by atoms with Gasteiger partial charge < -0.3 is 4.42 Å². The fourth-order valence-electron chi connectivity index (χ4n) is 11.6. The first-order chi connectivity index (χ1) is 34.2. The van der Waals surface area contributed by atoms with Crippen LogP contribution in [0.5, 0.6) is 0 Å². The van der Waals surface area contributed by atoms with Gasteiger partial charge in [0.15, 0.2) is 17.5 Å². The van der Waals surface area contributed by atoms with Crippen molar-refractivity contribution in [3.63, 3.8) is 0 Å². The molecule has 3 heterocycles. The predicted molar refractivity (Wildman–Crippen MR) is 283 cm³/mol. The summed E-state index contributed by atoms with van der Waals surface area (Å²) in [5.74, 6) is 1.84. The Kier molecular flexibility index (Phi) is 8.12. The number of hydrogen-bond acceptors (Lipinski definition) is 5. The standard InChI is InChI=1S/C64H37N3OS/c1-2-14-38(15-3-1)61-65-62(43-30-33-59-50(37-43)47-21-7-11-27-58(47)69-59)67-63(66-61)48-22-13-26-57-60(48)51-36-42(29-32-56(51)68-57)40-17-12-16-39(34-40)41-28-31-55-49(35-41)46-20-6-10-25-54(46)64(55)52-23-8-4-18-44(52)45-19-5-9-24-53(45)64/h1-37H. The quantitative estimate of drug-likeness (QED) is 0.173. The van der Waals surface area contributed by atoms with Crippen LogP contribution in [0, 0.1) is 0 Å². The van der Waals surface area contributed by atoms with Gasteiger partial charge in [0.2, 0.25) is 0 Å². The highest BCUT2D eigenvalue weighted by Crippen LogP contribution is 2.63. The predicted octanol–water partition coefficient (Wildman–Crippen LogP) is 16.8. The van der Waals surface area contributed by atoms with E-state index in [1.54, 1.807) is 11.3 Å². The second-order valence-electron chi connectivity index (χ2n) is 18.2. The summed E-state index contributed by atoms with van der Waals surface area (Å²) in [5, 5.41) is 4.42. The molecule has 0 saturated heterocycles. The molecule has 1 spiro atoms. The van der Waals surface area contributed by atoms with Gasteiger partial charge in [0, 0.05) is 47.6 Å². The molecule has 0 saturated carbocycles. The molecule has 0 bridgehead atoms. The minimum atomic E-state index is -0.360. The molecule has 4 nitrogen and oxygen atoms in total. The van der Waals surface area contributed by atoms with E-state index in [0.29, 0.717) is 17.5 Å². The number of aromatic nitrogens is 3. The van der Waals surface area contributed by atoms with Gasteiger partial charge in [0.25, 0.3) is 0 Å². The van der Waals surface area contributed by atoms with Gasteiger partial charge in [0.05, 0.1) is 5.41 Å². The summed E-state index contributed by atoms with van der Waals surface area (Å²) in [6.07, 6.45) is 0. The molecular formula is C64H37N3OS. The summed E-state index contributed by atoms with van der Waals surface area (Å²) in [5.41, 5.74) is 19.2. The summed E-state index contributed by atoms with van der Waals surface area (Å²) < 4.78 is 9.10. The maximum atomic E-state index is 6.59. The van der Waals surface area contributed by atoms with Crippen LogP contribution in [0.3, 0.4) is 0 Å². The largest absolute Gasteiger partial charge is 0.456 e. The van der Waals surface area contributed by atoms with Crippen LogP contribution in [-0.2, 0) is 5.41 Å². The van der Waals surface area contributed by atoms with Gasteiger partial charge in [0.1, 0.15) is 11.2 Å². The van der Waals surface area contributed by atoms with E-state index in [-0.39, 0.29) is 5.41 Å². The summed E-state index contributed by atoms with van der Waals surface area (Å²) >= 11 is 1.81. The van der Waals surface area contributed by atoms with Crippen LogP contribution in [0.4, 0.5) is 0 Å². The lowest BCUT2D eigenvalue weighted by atomic mass is 9.70. The van der Waals surface area contributed by atoms with Gasteiger partial charge in [-0.2, -0.15) is 0 Å². The van der Waals surface area contributed by atoms with Gasteiger partial charge >= 0.3 is 0 Å². The molecule has 3 aromatic heterocycles. The molecule has 10 aromatic carbocycles. The normalized spacial score (nSPS) is 13.0. The Morgan fingerprint density at radius 1 is 0.304 bits per heavy atom. The fourth-order valence-corrected chi connectivity index (χ4v) is 12.6. The number of nitrogens with zero attached hydrogens (tertiary/aromatic N) is 3. The number of benzene rings is 10. The van der Waals surface area contributed by atoms with E-state index in [2.05, 4.69) is 194 Å². The van der Waals surface area contributed by atoms with Crippen molar-refractivity contribution in [3.05, 3.63) is 247 Å². The molecule has 0 atom stereocenters. The van der Waals surface area contributed by atoms with Crippen LogP contribution in [0.2, 0.25) is 0 Å². The average Bonchev–Trinajstić information content (AvgIpc) is 4.16. The molecule has 0 radical (unpaired) electrons. The van der Waals surface area contributed by atoms with Gasteiger partial charge in [-0.15, -0.1) is 11.3 Å². The molecule has 0 N–H and O–H groups in total. The SMILES string of the molecule is c1ccc(-c2nc(-c3ccc4sc5ccccc5c4c3)nc(-c3cccc4oc5ccc(-c6cccc(-c7ccc8c(c7)-c7ccccc7C87c8ccccc8-c8ccccc87)c6)cc5c34)n2)cc1. The monoisotopic (exact) mass is 895 g/mol. The molecule has 2 aliphatic carbocycles. The van der Waals surface area contributed by atoms with E-state index >= 15 is 0 Å². The van der Waals surface area contributed by atoms with E-state index in [1.807, 2.05) is 30.3 Å². The average molecular weight is 896 g/mol. The maximum Gasteiger partial charge on any atom is 0.164 e. The molecule has 320 valence electrons. The molecule has 2 aliphatic rings. The first-order valence-electron chi connectivity index (χ1n) is 23.4. The van der Waals surface area contributed by atoms with Crippen molar-refractivity contribution < 1.29 is 4.42 Å². The van der Waals surface area contributed by atoms with Gasteiger partial charge in [-0.1, -0.05) is 170 Å². The van der Waals surface area contributed by atoms with Crippen LogP contribution in [0.25, 0.3) is 121 Å². The molecule has 5 heteroatoms. The molecule has 0 aliphatic heterocycles. The Labute approximate surface area is 401 Å². The van der Waals surface area contributed by atoms with Crippen molar-refractivity contribution >= 4 is 53.4 Å². The number of furan rings is 1. The smallest absolute Gasteiger partial charge is 0.164 e. The van der Waals surface area contributed by atoms with Crippen LogP contribution >= 0.6 is 11.3 Å². The number of thiophene rings is 1. The molecular weight excluding hydrogens is 859 g/mol. The zero-order valence-electron chi connectivity index (χ0n) is 37.0. The summed E-state index contributed by atoms with van der Waals surface area (Å²) in [7, 11) is 0. The van der Waals surface area contributed by atoms with E-state index < -0.39 is 0 Å². The van der Waals surface area contributed by atoms with Crippen molar-refractivity contribution in [2.75, 3.05) is 0 Å². The summed E-state index contributed by atoms with van der Waals surface area (Å²) in [6, 6.07) is 81.0. The number of hydrogen-bond donors (Lipinski definition) is 0.